The van der Waals surface area contributed by atoms with E-state index in [1.165, 1.54) is 0 Å². The highest BCUT2D eigenvalue weighted by Crippen LogP contribution is 2.23. The number of aryl methyl sites for hydroxylation is 1. The quantitative estimate of drug-likeness (QED) is 0.834. The van der Waals surface area contributed by atoms with E-state index in [0.717, 1.165) is 16.9 Å². The molecule has 0 aliphatic heterocycles. The van der Waals surface area contributed by atoms with E-state index in [2.05, 4.69) is 5.32 Å². The van der Waals surface area contributed by atoms with Gasteiger partial charge in [-0.05, 0) is 31.0 Å². The number of carbonyl (C=O) groups excluding carboxylic acids is 2. The van der Waals surface area contributed by atoms with Crippen molar-refractivity contribution in [3.63, 3.8) is 0 Å². The predicted molar refractivity (Wildman–Crippen MR) is 86.2 cm³/mol. The molecule has 0 unspecified atom stereocenters. The maximum atomic E-state index is 12.3. The number of ketones is 1. The van der Waals surface area contributed by atoms with Crippen LogP contribution in [0.15, 0.2) is 29.6 Å². The molecular formula is C16H18N2O2S. The highest BCUT2D eigenvalue weighted by atomic mass is 32.1. The average Bonchev–Trinajstić information content (AvgIpc) is 2.87. The summed E-state index contributed by atoms with van der Waals surface area (Å²) in [6.07, 6.45) is 0.823. The zero-order valence-electron chi connectivity index (χ0n) is 12.1. The standard InChI is InChI=1S/C16H18N2O2S/c1-3-13-10(2)21-9-14(13)16(20)18-12-6-4-5-11(7-12)15(19)8-17/h4-7,9H,3,8,17H2,1-2H3,(H,18,20). The van der Waals surface area contributed by atoms with Crippen LogP contribution in [0, 0.1) is 6.92 Å². The Kier molecular flexibility index (Phi) is 4.88. The average molecular weight is 302 g/mol. The van der Waals surface area contributed by atoms with E-state index >= 15 is 0 Å². The zero-order valence-corrected chi connectivity index (χ0v) is 12.9. The maximum absolute atomic E-state index is 12.3. The van der Waals surface area contributed by atoms with Crippen molar-refractivity contribution >= 4 is 28.7 Å². The normalized spacial score (nSPS) is 10.4. The second-order valence-electron chi connectivity index (χ2n) is 4.70. The van der Waals surface area contributed by atoms with Crippen LogP contribution in [-0.2, 0) is 6.42 Å². The summed E-state index contributed by atoms with van der Waals surface area (Å²) in [4.78, 5) is 25.1. The van der Waals surface area contributed by atoms with Crippen LogP contribution in [0.25, 0.3) is 0 Å². The van der Waals surface area contributed by atoms with Crippen molar-refractivity contribution in [1.29, 1.82) is 0 Å². The summed E-state index contributed by atoms with van der Waals surface area (Å²) in [6, 6.07) is 6.84. The second kappa shape index (κ2) is 6.65. The number of anilines is 1. The molecule has 1 aromatic carbocycles. The van der Waals surface area contributed by atoms with Gasteiger partial charge in [0, 0.05) is 21.5 Å². The first-order valence-corrected chi connectivity index (χ1v) is 7.66. The van der Waals surface area contributed by atoms with Crippen molar-refractivity contribution in [2.45, 2.75) is 20.3 Å². The van der Waals surface area contributed by atoms with Crippen LogP contribution in [0.5, 0.6) is 0 Å². The lowest BCUT2D eigenvalue weighted by Crippen LogP contribution is -2.15. The van der Waals surface area contributed by atoms with Gasteiger partial charge < -0.3 is 11.1 Å². The highest BCUT2D eigenvalue weighted by molar-refractivity contribution is 7.10. The maximum Gasteiger partial charge on any atom is 0.256 e. The van der Waals surface area contributed by atoms with E-state index in [0.29, 0.717) is 16.8 Å². The third-order valence-electron chi connectivity index (χ3n) is 3.33. The molecule has 0 spiro atoms. The predicted octanol–water partition coefficient (Wildman–Crippen LogP) is 3.01. The minimum Gasteiger partial charge on any atom is -0.324 e. The molecule has 0 saturated heterocycles. The molecule has 0 fully saturated rings. The number of carbonyl (C=O) groups is 2. The van der Waals surface area contributed by atoms with Crippen LogP contribution < -0.4 is 11.1 Å². The Morgan fingerprint density at radius 1 is 1.33 bits per heavy atom. The van der Waals surface area contributed by atoms with Gasteiger partial charge in [-0.3, -0.25) is 9.59 Å². The summed E-state index contributed by atoms with van der Waals surface area (Å²) in [5.41, 5.74) is 8.24. The van der Waals surface area contributed by atoms with Crippen LogP contribution in [0.4, 0.5) is 5.69 Å². The minimum absolute atomic E-state index is 0.0406. The first-order chi connectivity index (χ1) is 10.1. The van der Waals surface area contributed by atoms with Gasteiger partial charge in [-0.15, -0.1) is 11.3 Å². The fourth-order valence-corrected chi connectivity index (χ4v) is 3.14. The van der Waals surface area contributed by atoms with Gasteiger partial charge in [0.1, 0.15) is 0 Å². The topological polar surface area (TPSA) is 72.2 Å². The fraction of sp³-hybridized carbons (Fsp3) is 0.250. The Labute approximate surface area is 128 Å². The molecule has 1 amide bonds. The largest absolute Gasteiger partial charge is 0.324 e. The van der Waals surface area contributed by atoms with Gasteiger partial charge in [-0.25, -0.2) is 0 Å². The lowest BCUT2D eigenvalue weighted by Gasteiger charge is -2.07. The van der Waals surface area contributed by atoms with Gasteiger partial charge >= 0.3 is 0 Å². The molecule has 4 nitrogen and oxygen atoms in total. The molecule has 21 heavy (non-hydrogen) atoms. The lowest BCUT2D eigenvalue weighted by atomic mass is 10.1. The number of nitrogens with one attached hydrogen (secondary N) is 1. The van der Waals surface area contributed by atoms with Gasteiger partial charge in [-0.1, -0.05) is 19.1 Å². The fourth-order valence-electron chi connectivity index (χ4n) is 2.20. The van der Waals surface area contributed by atoms with Crippen molar-refractivity contribution < 1.29 is 9.59 Å². The third kappa shape index (κ3) is 3.37. The lowest BCUT2D eigenvalue weighted by molar-refractivity contribution is 0.0997. The number of amides is 1. The number of benzene rings is 1. The molecule has 0 saturated carbocycles. The van der Waals surface area contributed by atoms with Crippen LogP contribution >= 0.6 is 11.3 Å². The summed E-state index contributed by atoms with van der Waals surface area (Å²) in [7, 11) is 0. The van der Waals surface area contributed by atoms with Gasteiger partial charge in [0.05, 0.1) is 12.1 Å². The first-order valence-electron chi connectivity index (χ1n) is 6.78. The SMILES string of the molecule is CCc1c(C(=O)Nc2cccc(C(=O)CN)c2)csc1C. The molecule has 0 atom stereocenters. The summed E-state index contributed by atoms with van der Waals surface area (Å²) in [5.74, 6) is -0.291. The zero-order chi connectivity index (χ0) is 15.4. The summed E-state index contributed by atoms with van der Waals surface area (Å²) < 4.78 is 0. The van der Waals surface area contributed by atoms with E-state index in [1.54, 1.807) is 35.6 Å². The Bertz CT molecular complexity index is 677. The van der Waals surface area contributed by atoms with Crippen LogP contribution in [0.1, 0.15) is 38.1 Å². The molecule has 1 aromatic heterocycles. The number of hydrogen-bond donors (Lipinski definition) is 2. The molecule has 110 valence electrons. The monoisotopic (exact) mass is 302 g/mol. The van der Waals surface area contributed by atoms with Crippen LogP contribution in [-0.4, -0.2) is 18.2 Å². The summed E-state index contributed by atoms with van der Waals surface area (Å²) in [6.45, 7) is 4.01. The van der Waals surface area contributed by atoms with E-state index in [9.17, 15) is 9.59 Å². The summed E-state index contributed by atoms with van der Waals surface area (Å²) in [5, 5.41) is 4.71. The van der Waals surface area contributed by atoms with Crippen molar-refractivity contribution in [3.05, 3.63) is 51.2 Å². The number of thiophene rings is 1. The number of hydrogen-bond acceptors (Lipinski definition) is 4. The number of Topliss-reactive ketones (excluding diaryl/α,β-unsaturated/α-hetero) is 1. The van der Waals surface area contributed by atoms with Gasteiger partial charge in [0.25, 0.3) is 5.91 Å². The van der Waals surface area contributed by atoms with Crippen molar-refractivity contribution in [3.8, 4) is 0 Å². The van der Waals surface area contributed by atoms with Gasteiger partial charge in [0.15, 0.2) is 5.78 Å². The summed E-state index contributed by atoms with van der Waals surface area (Å²) >= 11 is 1.57. The molecule has 2 aromatic rings. The molecular weight excluding hydrogens is 284 g/mol. The van der Waals surface area contributed by atoms with Crippen LogP contribution in [0.2, 0.25) is 0 Å². The Morgan fingerprint density at radius 3 is 2.76 bits per heavy atom. The van der Waals surface area contributed by atoms with Crippen molar-refractivity contribution in [2.24, 2.45) is 5.73 Å². The highest BCUT2D eigenvalue weighted by Gasteiger charge is 2.15. The van der Waals surface area contributed by atoms with Crippen molar-refractivity contribution in [2.75, 3.05) is 11.9 Å². The van der Waals surface area contributed by atoms with Crippen molar-refractivity contribution in [1.82, 2.24) is 0 Å². The number of rotatable bonds is 5. The third-order valence-corrected chi connectivity index (χ3v) is 4.28. The van der Waals surface area contributed by atoms with E-state index in [4.69, 9.17) is 5.73 Å². The number of nitrogens with two attached hydrogens (primary N) is 1. The van der Waals surface area contributed by atoms with E-state index in [1.807, 2.05) is 19.2 Å². The van der Waals surface area contributed by atoms with E-state index < -0.39 is 0 Å². The van der Waals surface area contributed by atoms with Gasteiger partial charge in [-0.2, -0.15) is 0 Å². The Hall–Kier alpha value is -1.98. The molecule has 2 rings (SSSR count). The Morgan fingerprint density at radius 2 is 2.10 bits per heavy atom. The van der Waals surface area contributed by atoms with E-state index in [-0.39, 0.29) is 18.2 Å². The molecule has 0 aliphatic carbocycles. The molecule has 0 aliphatic rings. The second-order valence-corrected chi connectivity index (χ2v) is 5.78. The Balaban J connectivity index is 2.21. The smallest absolute Gasteiger partial charge is 0.256 e. The molecule has 1 heterocycles. The molecule has 3 N–H and O–H groups in total. The molecule has 5 heteroatoms. The van der Waals surface area contributed by atoms with Gasteiger partial charge in [0.2, 0.25) is 0 Å². The molecule has 0 bridgehead atoms. The molecule has 0 radical (unpaired) electrons. The minimum atomic E-state index is -0.147. The first kappa shape index (κ1) is 15.4. The van der Waals surface area contributed by atoms with Crippen LogP contribution in [0.3, 0.4) is 0 Å².